The van der Waals surface area contributed by atoms with E-state index < -0.39 is 0 Å². The van der Waals surface area contributed by atoms with Gasteiger partial charge < -0.3 is 0 Å². The molecule has 0 unspecified atom stereocenters. The van der Waals surface area contributed by atoms with Gasteiger partial charge in [-0.15, -0.1) is 0 Å². The fourth-order valence-electron chi connectivity index (χ4n) is 0.990. The minimum atomic E-state index is -0.241. The van der Waals surface area contributed by atoms with Crippen molar-refractivity contribution < 1.29 is 13.2 Å². The van der Waals surface area contributed by atoms with Crippen LogP contribution >= 0.6 is 0 Å². The quantitative estimate of drug-likeness (QED) is 0.416. The summed E-state index contributed by atoms with van der Waals surface area (Å²) in [5.41, 5.74) is 0. The summed E-state index contributed by atoms with van der Waals surface area (Å²) in [5.74, 6) is 1.06. The van der Waals surface area contributed by atoms with Crippen molar-refractivity contribution in [3.8, 4) is 0 Å². The van der Waals surface area contributed by atoms with Gasteiger partial charge in [-0.1, -0.05) is 101 Å². The predicted molar refractivity (Wildman–Crippen MR) is 123 cm³/mol. The van der Waals surface area contributed by atoms with Crippen molar-refractivity contribution >= 4 is 0 Å². The van der Waals surface area contributed by atoms with Gasteiger partial charge in [-0.05, 0) is 31.6 Å². The van der Waals surface area contributed by atoms with Crippen LogP contribution in [0.3, 0.4) is 0 Å². The van der Waals surface area contributed by atoms with Gasteiger partial charge in [-0.3, -0.25) is 0 Å². The fourth-order valence-corrected chi connectivity index (χ4v) is 0.990. The van der Waals surface area contributed by atoms with E-state index in [2.05, 4.69) is 32.6 Å². The molecule has 27 heavy (non-hydrogen) atoms. The molecule has 0 aliphatic heterocycles. The Hall–Kier alpha value is -1.25. The Labute approximate surface area is 170 Å². The molecule has 0 aromatic heterocycles. The molecule has 0 bridgehead atoms. The summed E-state index contributed by atoms with van der Waals surface area (Å²) < 4.78 is 34.5. The van der Waals surface area contributed by atoms with Crippen LogP contribution in [0.15, 0.2) is 48.9 Å². The average molecular weight is 395 g/mol. The van der Waals surface area contributed by atoms with Crippen LogP contribution in [0.5, 0.6) is 0 Å². The third kappa shape index (κ3) is 78.8. The van der Waals surface area contributed by atoms with Crippen LogP contribution in [0.1, 0.15) is 84.1 Å². The lowest BCUT2D eigenvalue weighted by molar-refractivity contribution is 0.524. The van der Waals surface area contributed by atoms with E-state index in [0.29, 0.717) is 18.2 Å². The first-order chi connectivity index (χ1) is 11.3. The first-order valence-corrected chi connectivity index (χ1v) is 8.89. The van der Waals surface area contributed by atoms with Crippen molar-refractivity contribution in [2.24, 2.45) is 23.7 Å². The zero-order valence-electron chi connectivity index (χ0n) is 18.0. The molecule has 0 aromatic rings. The van der Waals surface area contributed by atoms with Gasteiger partial charge in [0.1, 0.15) is 0 Å². The molecular weight excluding hydrogens is 345 g/mol. The normalized spacial score (nSPS) is 10.5. The molecule has 0 heterocycles. The Morgan fingerprint density at radius 2 is 1.11 bits per heavy atom. The van der Waals surface area contributed by atoms with E-state index in [9.17, 15) is 13.2 Å². The second-order valence-electron chi connectivity index (χ2n) is 6.93. The maximum Gasteiger partial charge on any atom is 0.0953 e. The van der Waals surface area contributed by atoms with Crippen molar-refractivity contribution in [2.45, 2.75) is 84.1 Å². The molecule has 0 aliphatic rings. The summed E-state index contributed by atoms with van der Waals surface area (Å²) in [6.45, 7) is 22.2. The second-order valence-corrected chi connectivity index (χ2v) is 6.93. The Balaban J connectivity index is -0.0000000532. The first kappa shape index (κ1) is 40.4. The van der Waals surface area contributed by atoms with Crippen LogP contribution in [0, 0.1) is 23.7 Å². The number of hydrogen-bond acceptors (Lipinski definition) is 0. The van der Waals surface area contributed by atoms with Gasteiger partial charge in [0.2, 0.25) is 0 Å². The van der Waals surface area contributed by atoms with Crippen LogP contribution < -0.4 is 0 Å². The number of halogens is 3. The molecule has 0 saturated heterocycles. The van der Waals surface area contributed by atoms with E-state index in [1.165, 1.54) is 13.0 Å². The summed E-state index contributed by atoms with van der Waals surface area (Å²) >= 11 is 0. The highest BCUT2D eigenvalue weighted by Gasteiger charge is 1.92. The standard InChI is InChI=1S/C6H11F.C6H12.2C5H9F.2CH4/c1-5(2)4-6(3)7;1-4-5-6(2)3;1-5(2)3-4-6;1-4(2)5(3)6;;/h4-5H,1-3H3;4-6H,1-3H3;3-5H,1-2H3;4H,3H2,1-2H3;2*1H4/b6-4+;5-4-;4-3+;;;. The molecule has 0 nitrogen and oxygen atoms in total. The van der Waals surface area contributed by atoms with Gasteiger partial charge >= 0.3 is 0 Å². The lowest BCUT2D eigenvalue weighted by atomic mass is 10.2. The molecule has 0 saturated carbocycles. The van der Waals surface area contributed by atoms with Crippen LogP contribution in [0.4, 0.5) is 13.2 Å². The maximum atomic E-state index is 11.8. The minimum Gasteiger partial charge on any atom is -0.216 e. The summed E-state index contributed by atoms with van der Waals surface area (Å²) in [6, 6.07) is 0. The van der Waals surface area contributed by atoms with Gasteiger partial charge in [-0.25, -0.2) is 13.2 Å². The smallest absolute Gasteiger partial charge is 0.0953 e. The zero-order chi connectivity index (χ0) is 21.0. The first-order valence-electron chi connectivity index (χ1n) is 8.89. The molecule has 0 aromatic carbocycles. The molecule has 0 fully saturated rings. The Bertz CT molecular complexity index is 340. The Morgan fingerprint density at radius 1 is 0.778 bits per heavy atom. The number of hydrogen-bond donors (Lipinski definition) is 0. The van der Waals surface area contributed by atoms with Crippen LogP contribution in [-0.4, -0.2) is 0 Å². The lowest BCUT2D eigenvalue weighted by Crippen LogP contribution is -1.81. The van der Waals surface area contributed by atoms with Crippen molar-refractivity contribution in [3.63, 3.8) is 0 Å². The van der Waals surface area contributed by atoms with Gasteiger partial charge in [0.15, 0.2) is 0 Å². The van der Waals surface area contributed by atoms with Gasteiger partial charge in [0.05, 0.1) is 18.0 Å². The third-order valence-electron chi connectivity index (χ3n) is 2.22. The van der Waals surface area contributed by atoms with Crippen molar-refractivity contribution in [2.75, 3.05) is 0 Å². The highest BCUT2D eigenvalue weighted by Crippen LogP contribution is 2.05. The molecule has 0 amide bonds. The maximum absolute atomic E-state index is 11.8. The van der Waals surface area contributed by atoms with Gasteiger partial charge in [0, 0.05) is 5.92 Å². The Morgan fingerprint density at radius 3 is 1.11 bits per heavy atom. The molecule has 0 aliphatic carbocycles. The predicted octanol–water partition coefficient (Wildman–Crippen LogP) is 10.3. The lowest BCUT2D eigenvalue weighted by Gasteiger charge is -1.92. The number of allylic oxidation sites excluding steroid dienone is 6. The van der Waals surface area contributed by atoms with Crippen LogP contribution in [0.25, 0.3) is 0 Å². The molecule has 0 N–H and O–H groups in total. The van der Waals surface area contributed by atoms with Crippen molar-refractivity contribution in [1.82, 2.24) is 0 Å². The van der Waals surface area contributed by atoms with Crippen molar-refractivity contribution in [3.05, 3.63) is 48.9 Å². The third-order valence-corrected chi connectivity index (χ3v) is 2.22. The SMILES string of the molecule is C.C.C/C(F)=C\C(C)C.C/C=C\C(C)C.C=C(F)C(C)C.CC(C)/C=C/F. The van der Waals surface area contributed by atoms with Gasteiger partial charge in [-0.2, -0.15) is 0 Å². The molecule has 3 heteroatoms. The number of rotatable bonds is 4. The highest BCUT2D eigenvalue weighted by molar-refractivity contribution is 4.88. The topological polar surface area (TPSA) is 0 Å². The summed E-state index contributed by atoms with van der Waals surface area (Å²) in [6.07, 6.45) is 7.90. The van der Waals surface area contributed by atoms with E-state index >= 15 is 0 Å². The monoisotopic (exact) mass is 394 g/mol. The largest absolute Gasteiger partial charge is 0.216 e. The minimum absolute atomic E-state index is 0. The molecule has 0 spiro atoms. The Kier molecular flexibility index (Phi) is 44.2. The molecule has 0 atom stereocenters. The molecule has 0 radical (unpaired) electrons. The summed E-state index contributed by atoms with van der Waals surface area (Å²) in [5, 5.41) is 0. The average Bonchev–Trinajstić information content (AvgIpc) is 2.38. The fraction of sp³-hybridized carbons (Fsp3) is 0.667. The van der Waals surface area contributed by atoms with E-state index in [1.54, 1.807) is 19.9 Å². The molecule has 0 rings (SSSR count). The summed E-state index contributed by atoms with van der Waals surface area (Å²) in [4.78, 5) is 0. The van der Waals surface area contributed by atoms with Crippen molar-refractivity contribution in [1.29, 1.82) is 0 Å². The molecule has 166 valence electrons. The van der Waals surface area contributed by atoms with Gasteiger partial charge in [0.25, 0.3) is 0 Å². The van der Waals surface area contributed by atoms with Crippen LogP contribution in [0.2, 0.25) is 0 Å². The second kappa shape index (κ2) is 29.5. The van der Waals surface area contributed by atoms with E-state index in [0.717, 1.165) is 5.92 Å². The van der Waals surface area contributed by atoms with E-state index in [-0.39, 0.29) is 32.4 Å². The van der Waals surface area contributed by atoms with E-state index in [4.69, 9.17) is 0 Å². The highest BCUT2D eigenvalue weighted by atomic mass is 19.1. The zero-order valence-corrected chi connectivity index (χ0v) is 18.0. The summed E-state index contributed by atoms with van der Waals surface area (Å²) in [7, 11) is 0. The van der Waals surface area contributed by atoms with E-state index in [1.807, 2.05) is 34.6 Å². The van der Waals surface area contributed by atoms with Crippen LogP contribution in [-0.2, 0) is 0 Å². The molecular formula is C24H49F3.